The van der Waals surface area contributed by atoms with Crippen LogP contribution >= 0.6 is 0 Å². The maximum atomic E-state index is 12.8. The number of likely N-dealkylation sites (N-methyl/N-ethyl adjacent to an activating group) is 1. The van der Waals surface area contributed by atoms with E-state index in [4.69, 9.17) is 0 Å². The van der Waals surface area contributed by atoms with Crippen LogP contribution in [0.3, 0.4) is 0 Å². The monoisotopic (exact) mass is 317 g/mol. The maximum Gasteiger partial charge on any atom is 0.407 e. The number of hydrogen-bond donors (Lipinski definition) is 2. The van der Waals surface area contributed by atoms with Crippen molar-refractivity contribution in [2.45, 2.75) is 44.3 Å². The number of carboxylic acid groups (broad SMARTS) is 1. The zero-order chi connectivity index (χ0) is 16.6. The molecule has 0 aromatic heterocycles. The van der Waals surface area contributed by atoms with Gasteiger partial charge in [-0.2, -0.15) is 0 Å². The fraction of sp³-hybridized carbons (Fsp3) is 0.529. The van der Waals surface area contributed by atoms with Crippen molar-refractivity contribution in [2.75, 3.05) is 18.5 Å². The van der Waals surface area contributed by atoms with Crippen molar-refractivity contribution in [2.24, 2.45) is 0 Å². The van der Waals surface area contributed by atoms with E-state index in [0.29, 0.717) is 13.0 Å². The lowest BCUT2D eigenvalue weighted by Gasteiger charge is -2.35. The van der Waals surface area contributed by atoms with Crippen LogP contribution in [0, 0.1) is 6.92 Å². The molecule has 0 bridgehead atoms. The number of nitrogens with zero attached hydrogens (tertiary/aromatic N) is 2. The van der Waals surface area contributed by atoms with E-state index in [1.165, 1.54) is 4.90 Å². The van der Waals surface area contributed by atoms with E-state index in [-0.39, 0.29) is 24.0 Å². The largest absolute Gasteiger partial charge is 0.465 e. The molecule has 2 fully saturated rings. The Morgan fingerprint density at radius 3 is 2.87 bits per heavy atom. The minimum atomic E-state index is -0.887. The quantitative estimate of drug-likeness (QED) is 0.873. The highest BCUT2D eigenvalue weighted by Crippen LogP contribution is 2.29. The van der Waals surface area contributed by atoms with Gasteiger partial charge in [-0.15, -0.1) is 0 Å². The number of rotatable bonds is 2. The number of carbonyl (C=O) groups excluding carboxylic acids is 1. The third kappa shape index (κ3) is 3.03. The van der Waals surface area contributed by atoms with Gasteiger partial charge in [0.15, 0.2) is 0 Å². The third-order valence-electron chi connectivity index (χ3n) is 4.93. The average Bonchev–Trinajstić information content (AvgIpc) is 2.97. The first kappa shape index (κ1) is 15.8. The molecule has 23 heavy (non-hydrogen) atoms. The van der Waals surface area contributed by atoms with Crippen molar-refractivity contribution in [3.05, 3.63) is 29.8 Å². The smallest absolute Gasteiger partial charge is 0.407 e. The maximum absolute atomic E-state index is 12.8. The number of likely N-dealkylation sites (tertiary alicyclic amines) is 1. The molecule has 2 N–H and O–H groups in total. The number of fused-ring (bicyclic) bond motifs is 1. The molecule has 6 heteroatoms. The molecule has 0 radical (unpaired) electrons. The van der Waals surface area contributed by atoms with Crippen LogP contribution in [0.25, 0.3) is 0 Å². The van der Waals surface area contributed by atoms with Crippen molar-refractivity contribution in [3.8, 4) is 0 Å². The van der Waals surface area contributed by atoms with Crippen LogP contribution in [0.15, 0.2) is 24.3 Å². The molecular formula is C17H23N3O3. The topological polar surface area (TPSA) is 72.9 Å². The van der Waals surface area contributed by atoms with Crippen LogP contribution in [-0.2, 0) is 4.79 Å². The second-order valence-corrected chi connectivity index (χ2v) is 6.48. The first-order valence-electron chi connectivity index (χ1n) is 8.07. The molecule has 3 atom stereocenters. The average molecular weight is 317 g/mol. The summed E-state index contributed by atoms with van der Waals surface area (Å²) < 4.78 is 0. The summed E-state index contributed by atoms with van der Waals surface area (Å²) in [5, 5.41) is 12.7. The summed E-state index contributed by atoms with van der Waals surface area (Å²) >= 11 is 0. The van der Waals surface area contributed by atoms with Crippen LogP contribution in [0.2, 0.25) is 0 Å². The van der Waals surface area contributed by atoms with Gasteiger partial charge in [-0.05, 0) is 43.9 Å². The summed E-state index contributed by atoms with van der Waals surface area (Å²) in [6, 6.07) is 7.48. The van der Waals surface area contributed by atoms with E-state index >= 15 is 0 Å². The van der Waals surface area contributed by atoms with Crippen molar-refractivity contribution in [1.29, 1.82) is 0 Å². The van der Waals surface area contributed by atoms with E-state index in [1.54, 1.807) is 11.9 Å². The van der Waals surface area contributed by atoms with Crippen LogP contribution in [-0.4, -0.2) is 53.7 Å². The van der Waals surface area contributed by atoms with Gasteiger partial charge in [0.05, 0.1) is 12.1 Å². The molecule has 124 valence electrons. The van der Waals surface area contributed by atoms with Gasteiger partial charge >= 0.3 is 6.09 Å². The molecule has 0 saturated carbocycles. The Morgan fingerprint density at radius 1 is 1.39 bits per heavy atom. The van der Waals surface area contributed by atoms with Gasteiger partial charge < -0.3 is 20.2 Å². The molecule has 0 aliphatic carbocycles. The summed E-state index contributed by atoms with van der Waals surface area (Å²) in [6.07, 6.45) is 1.43. The molecule has 3 unspecified atom stereocenters. The minimum absolute atomic E-state index is 0.00432. The standard InChI is InChI=1S/C17H23N3O3/c1-11-5-3-6-12(9-11)19(2)16(21)14-10-15-13(18-14)7-4-8-20(15)17(22)23/h3,5-6,9,13-15,18H,4,7-8,10H2,1-2H3,(H,22,23). The first-order chi connectivity index (χ1) is 11.0. The van der Waals surface area contributed by atoms with E-state index in [0.717, 1.165) is 24.1 Å². The zero-order valence-electron chi connectivity index (χ0n) is 13.5. The first-order valence-corrected chi connectivity index (χ1v) is 8.07. The molecule has 1 aromatic carbocycles. The molecule has 2 aliphatic heterocycles. The molecule has 2 heterocycles. The molecule has 0 spiro atoms. The number of piperidine rings is 1. The van der Waals surface area contributed by atoms with Gasteiger partial charge in [-0.25, -0.2) is 4.79 Å². The second-order valence-electron chi connectivity index (χ2n) is 6.48. The highest BCUT2D eigenvalue weighted by atomic mass is 16.4. The molecule has 3 rings (SSSR count). The number of aryl methyl sites for hydroxylation is 1. The van der Waals surface area contributed by atoms with E-state index < -0.39 is 6.09 Å². The summed E-state index contributed by atoms with van der Waals surface area (Å²) in [4.78, 5) is 27.3. The van der Waals surface area contributed by atoms with Crippen LogP contribution < -0.4 is 10.2 Å². The van der Waals surface area contributed by atoms with E-state index in [2.05, 4.69) is 5.32 Å². The summed E-state index contributed by atoms with van der Waals surface area (Å²) in [6.45, 7) is 2.56. The Kier molecular flexibility index (Phi) is 4.26. The van der Waals surface area contributed by atoms with Gasteiger partial charge in [-0.1, -0.05) is 12.1 Å². The van der Waals surface area contributed by atoms with Crippen molar-refractivity contribution in [1.82, 2.24) is 10.2 Å². The summed E-state index contributed by atoms with van der Waals surface area (Å²) in [5.74, 6) is -0.00432. The predicted octanol–water partition coefficient (Wildman–Crippen LogP) is 1.83. The molecule has 6 nitrogen and oxygen atoms in total. The Labute approximate surface area is 136 Å². The predicted molar refractivity (Wildman–Crippen MR) is 87.7 cm³/mol. The molecule has 2 saturated heterocycles. The van der Waals surface area contributed by atoms with Crippen LogP contribution in [0.1, 0.15) is 24.8 Å². The Morgan fingerprint density at radius 2 is 2.17 bits per heavy atom. The fourth-order valence-electron chi connectivity index (χ4n) is 3.72. The molecule has 2 aliphatic rings. The van der Waals surface area contributed by atoms with Crippen molar-refractivity contribution < 1.29 is 14.7 Å². The summed E-state index contributed by atoms with van der Waals surface area (Å²) in [5.41, 5.74) is 1.97. The molecule has 2 amide bonds. The van der Waals surface area contributed by atoms with E-state index in [1.807, 2.05) is 31.2 Å². The number of benzene rings is 1. The Balaban J connectivity index is 1.73. The lowest BCUT2D eigenvalue weighted by molar-refractivity contribution is -0.120. The highest BCUT2D eigenvalue weighted by molar-refractivity contribution is 5.97. The number of amides is 2. The lowest BCUT2D eigenvalue weighted by Crippen LogP contribution is -2.50. The Hall–Kier alpha value is -2.08. The SMILES string of the molecule is Cc1cccc(N(C)C(=O)C2CC3C(CCCN3C(=O)O)N2)c1. The third-order valence-corrected chi connectivity index (χ3v) is 4.93. The van der Waals surface area contributed by atoms with Crippen LogP contribution in [0.5, 0.6) is 0 Å². The lowest BCUT2D eigenvalue weighted by atomic mass is 9.97. The van der Waals surface area contributed by atoms with Gasteiger partial charge in [0, 0.05) is 25.3 Å². The van der Waals surface area contributed by atoms with Crippen LogP contribution in [0.4, 0.5) is 10.5 Å². The van der Waals surface area contributed by atoms with Gasteiger partial charge in [0.1, 0.15) is 0 Å². The van der Waals surface area contributed by atoms with Gasteiger partial charge in [0.25, 0.3) is 0 Å². The van der Waals surface area contributed by atoms with Gasteiger partial charge in [0.2, 0.25) is 5.91 Å². The number of carbonyl (C=O) groups is 2. The number of anilines is 1. The zero-order valence-corrected chi connectivity index (χ0v) is 13.5. The minimum Gasteiger partial charge on any atom is -0.465 e. The van der Waals surface area contributed by atoms with Crippen molar-refractivity contribution >= 4 is 17.7 Å². The highest BCUT2D eigenvalue weighted by Gasteiger charge is 2.44. The molecule has 1 aromatic rings. The normalized spacial score (nSPS) is 26.7. The number of nitrogens with one attached hydrogen (secondary N) is 1. The van der Waals surface area contributed by atoms with E-state index in [9.17, 15) is 14.7 Å². The molecular weight excluding hydrogens is 294 g/mol. The number of hydrogen-bond acceptors (Lipinski definition) is 3. The Bertz CT molecular complexity index is 619. The second kappa shape index (κ2) is 6.20. The van der Waals surface area contributed by atoms with Gasteiger partial charge in [-0.3, -0.25) is 4.79 Å². The van der Waals surface area contributed by atoms with Crippen molar-refractivity contribution in [3.63, 3.8) is 0 Å². The summed E-state index contributed by atoms with van der Waals surface area (Å²) in [7, 11) is 1.77. The fourth-order valence-corrected chi connectivity index (χ4v) is 3.72.